The average Bonchev–Trinajstić information content (AvgIpc) is 2.71. The number of nitrogens with zero attached hydrogens (tertiary/aromatic N) is 1. The Morgan fingerprint density at radius 3 is 2.67 bits per heavy atom. The lowest BCUT2D eigenvalue weighted by Gasteiger charge is -2.63. The lowest BCUT2D eigenvalue weighted by molar-refractivity contribution is -0.145. The van der Waals surface area contributed by atoms with Crippen molar-refractivity contribution in [2.24, 2.45) is 5.73 Å². The molecule has 5 rings (SSSR count). The van der Waals surface area contributed by atoms with Crippen molar-refractivity contribution in [2.75, 3.05) is 13.6 Å². The first-order chi connectivity index (χ1) is 14.2. The van der Waals surface area contributed by atoms with E-state index in [1.807, 2.05) is 27.0 Å². The molecule has 7 nitrogen and oxygen atoms in total. The number of likely N-dealkylation sites (N-methyl/N-ethyl adjacent to an activating group) is 1. The average molecular weight is 412 g/mol. The molecule has 1 amide bonds. The van der Waals surface area contributed by atoms with Gasteiger partial charge in [-0.05, 0) is 61.3 Å². The monoisotopic (exact) mass is 411 g/mol. The number of aromatic hydroxyl groups is 1. The number of aromatic amines is 1. The molecule has 0 saturated carbocycles. The Morgan fingerprint density at radius 2 is 1.97 bits per heavy atom. The minimum atomic E-state index is -1.07. The molecule has 2 aliphatic carbocycles. The highest BCUT2D eigenvalue weighted by atomic mass is 16.3. The molecule has 3 aliphatic rings. The van der Waals surface area contributed by atoms with Gasteiger partial charge in [0.15, 0.2) is 0 Å². The molecule has 7 heteroatoms. The topological polar surface area (TPSA) is 120 Å². The quantitative estimate of drug-likeness (QED) is 0.563. The maximum absolute atomic E-state index is 12.3. The van der Waals surface area contributed by atoms with Crippen LogP contribution in [0, 0.1) is 0 Å². The van der Waals surface area contributed by atoms with E-state index in [0.717, 1.165) is 28.9 Å². The van der Waals surface area contributed by atoms with Gasteiger partial charge in [0.05, 0.1) is 5.60 Å². The van der Waals surface area contributed by atoms with E-state index in [9.17, 15) is 19.8 Å². The second-order valence-corrected chi connectivity index (χ2v) is 8.53. The van der Waals surface area contributed by atoms with Gasteiger partial charge in [-0.1, -0.05) is 19.9 Å². The number of nitrogens with two attached hydrogens (primary N) is 1. The van der Waals surface area contributed by atoms with Gasteiger partial charge >= 0.3 is 0 Å². The van der Waals surface area contributed by atoms with Crippen LogP contribution in [0.4, 0.5) is 0 Å². The van der Waals surface area contributed by atoms with Crippen LogP contribution in [0.25, 0.3) is 0 Å². The number of likely N-dealkylation sites (tertiary alicyclic amines) is 1. The van der Waals surface area contributed by atoms with E-state index in [-0.39, 0.29) is 17.4 Å². The first-order valence-corrected chi connectivity index (χ1v) is 10.5. The van der Waals surface area contributed by atoms with Crippen molar-refractivity contribution in [3.8, 4) is 5.75 Å². The van der Waals surface area contributed by atoms with Crippen molar-refractivity contribution in [1.29, 1.82) is 0 Å². The molecule has 3 atom stereocenters. The number of pyridine rings is 1. The van der Waals surface area contributed by atoms with E-state index >= 15 is 0 Å². The third-order valence-electron chi connectivity index (χ3n) is 7.24. The van der Waals surface area contributed by atoms with Crippen LogP contribution in [0.15, 0.2) is 29.1 Å². The summed E-state index contributed by atoms with van der Waals surface area (Å²) in [7, 11) is 2.02. The van der Waals surface area contributed by atoms with Crippen LogP contribution >= 0.6 is 0 Å². The zero-order chi connectivity index (χ0) is 21.8. The maximum atomic E-state index is 12.3. The van der Waals surface area contributed by atoms with E-state index < -0.39 is 22.5 Å². The Hall–Kier alpha value is -2.64. The number of nitrogens with one attached hydrogen (secondary N) is 1. The number of aromatic nitrogens is 1. The molecule has 1 fully saturated rings. The fourth-order valence-corrected chi connectivity index (χ4v) is 5.84. The van der Waals surface area contributed by atoms with E-state index in [1.165, 1.54) is 6.07 Å². The minimum absolute atomic E-state index is 0.0781. The molecule has 0 spiro atoms. The zero-order valence-electron chi connectivity index (χ0n) is 17.7. The fraction of sp³-hybridized carbons (Fsp3) is 0.478. The normalized spacial score (nSPS) is 29.0. The van der Waals surface area contributed by atoms with Gasteiger partial charge in [-0.25, -0.2) is 0 Å². The predicted molar refractivity (Wildman–Crippen MR) is 114 cm³/mol. The smallest absolute Gasteiger partial charge is 0.261 e. The number of phenolic OH excluding ortho intramolecular Hbond substituents is 1. The molecular weight excluding hydrogens is 382 g/mol. The first kappa shape index (κ1) is 20.6. The SMILES string of the molecule is CC.CN1CCC23Cc4[nH]c(=O)c(C(N)=O)cc4CC2(O)C1Cc1ccc(O)cc13. The van der Waals surface area contributed by atoms with Gasteiger partial charge in [0.2, 0.25) is 0 Å². The molecule has 1 aliphatic heterocycles. The van der Waals surface area contributed by atoms with E-state index in [2.05, 4.69) is 9.88 Å². The number of hydrogen-bond acceptors (Lipinski definition) is 5. The molecule has 1 aromatic heterocycles. The van der Waals surface area contributed by atoms with Gasteiger partial charge in [0.25, 0.3) is 11.5 Å². The number of benzene rings is 1. The van der Waals surface area contributed by atoms with Crippen LogP contribution < -0.4 is 11.3 Å². The Balaban J connectivity index is 0.00000106. The molecule has 2 aromatic rings. The highest BCUT2D eigenvalue weighted by Gasteiger charge is 2.64. The summed E-state index contributed by atoms with van der Waals surface area (Å²) >= 11 is 0. The van der Waals surface area contributed by atoms with E-state index in [1.54, 1.807) is 12.1 Å². The van der Waals surface area contributed by atoms with Crippen LogP contribution in [0.1, 0.15) is 53.0 Å². The predicted octanol–water partition coefficient (Wildman–Crippen LogP) is 1.23. The zero-order valence-corrected chi connectivity index (χ0v) is 17.7. The summed E-state index contributed by atoms with van der Waals surface area (Å²) in [6.07, 6.45) is 2.18. The summed E-state index contributed by atoms with van der Waals surface area (Å²) in [6.45, 7) is 4.82. The minimum Gasteiger partial charge on any atom is -0.508 e. The van der Waals surface area contributed by atoms with Gasteiger partial charge in [-0.3, -0.25) is 9.59 Å². The van der Waals surface area contributed by atoms with Crippen molar-refractivity contribution in [3.05, 3.63) is 62.6 Å². The summed E-state index contributed by atoms with van der Waals surface area (Å²) in [4.78, 5) is 29.0. The molecule has 2 bridgehead atoms. The van der Waals surface area contributed by atoms with Crippen molar-refractivity contribution < 1.29 is 15.0 Å². The third kappa shape index (κ3) is 2.65. The van der Waals surface area contributed by atoms with Crippen LogP contribution in [0.5, 0.6) is 5.75 Å². The number of primary amides is 1. The van der Waals surface area contributed by atoms with Gasteiger partial charge in [0.1, 0.15) is 11.3 Å². The summed E-state index contributed by atoms with van der Waals surface area (Å²) in [5.41, 5.74) is 6.69. The van der Waals surface area contributed by atoms with Gasteiger partial charge < -0.3 is 25.8 Å². The van der Waals surface area contributed by atoms with Gasteiger partial charge in [-0.2, -0.15) is 0 Å². The highest BCUT2D eigenvalue weighted by molar-refractivity contribution is 5.92. The standard InChI is InChI=1S/C21H23N3O4.C2H6/c1-24-5-4-20-10-16-12(6-14(18(22)26)19(27)23-16)9-21(20,28)17(24)7-11-2-3-13(25)8-15(11)20;1-2/h2-3,6,8,17,25,28H,4-5,7,9-10H2,1H3,(H2,22,26)(H,23,27);1-2H3. The fourth-order valence-electron chi connectivity index (χ4n) is 5.84. The maximum Gasteiger partial charge on any atom is 0.261 e. The Morgan fingerprint density at radius 1 is 1.23 bits per heavy atom. The molecule has 0 radical (unpaired) electrons. The largest absolute Gasteiger partial charge is 0.508 e. The Labute approximate surface area is 175 Å². The second kappa shape index (κ2) is 6.96. The van der Waals surface area contributed by atoms with Gasteiger partial charge in [0, 0.05) is 30.0 Å². The number of H-pyrrole nitrogens is 1. The summed E-state index contributed by atoms with van der Waals surface area (Å²) in [5.74, 6) is -0.594. The number of fused-ring (bicyclic) bond motifs is 2. The lowest BCUT2D eigenvalue weighted by atomic mass is 9.49. The Kier molecular flexibility index (Phi) is 4.78. The van der Waals surface area contributed by atoms with Crippen LogP contribution in [0.3, 0.4) is 0 Å². The van der Waals surface area contributed by atoms with E-state index in [4.69, 9.17) is 5.73 Å². The van der Waals surface area contributed by atoms with E-state index in [0.29, 0.717) is 25.7 Å². The van der Waals surface area contributed by atoms with Crippen molar-refractivity contribution in [3.63, 3.8) is 0 Å². The molecule has 160 valence electrons. The molecule has 1 saturated heterocycles. The molecule has 5 N–H and O–H groups in total. The van der Waals surface area contributed by atoms with Crippen LogP contribution in [0.2, 0.25) is 0 Å². The summed E-state index contributed by atoms with van der Waals surface area (Å²) in [5, 5.41) is 22.2. The molecular formula is C23H29N3O4. The highest BCUT2D eigenvalue weighted by Crippen LogP contribution is 2.56. The molecule has 30 heavy (non-hydrogen) atoms. The number of amides is 1. The number of aliphatic hydroxyl groups is 1. The van der Waals surface area contributed by atoms with Crippen molar-refractivity contribution in [2.45, 2.75) is 56.6 Å². The molecule has 3 unspecified atom stereocenters. The lowest BCUT2D eigenvalue weighted by Crippen LogP contribution is -2.73. The van der Waals surface area contributed by atoms with Crippen LogP contribution in [-0.4, -0.2) is 51.2 Å². The number of piperidine rings is 1. The number of hydrogen-bond donors (Lipinski definition) is 4. The number of carbonyl (C=O) groups excluding carboxylic acids is 1. The summed E-state index contributed by atoms with van der Waals surface area (Å²) < 4.78 is 0. The van der Waals surface area contributed by atoms with Crippen molar-refractivity contribution in [1.82, 2.24) is 9.88 Å². The molecule has 2 heterocycles. The molecule has 1 aromatic carbocycles. The number of phenols is 1. The van der Waals surface area contributed by atoms with Crippen molar-refractivity contribution >= 4 is 5.91 Å². The summed E-state index contributed by atoms with van der Waals surface area (Å²) in [6, 6.07) is 6.84. The number of rotatable bonds is 1. The Bertz CT molecular complexity index is 1080. The van der Waals surface area contributed by atoms with Crippen LogP contribution in [-0.2, 0) is 24.7 Å². The number of carbonyl (C=O) groups is 1. The first-order valence-electron chi connectivity index (χ1n) is 10.5. The second-order valence-electron chi connectivity index (χ2n) is 8.53. The third-order valence-corrected chi connectivity index (χ3v) is 7.24. The van der Waals surface area contributed by atoms with Gasteiger partial charge in [-0.15, -0.1) is 0 Å².